The van der Waals surface area contributed by atoms with E-state index < -0.39 is 12.0 Å². The maximum atomic E-state index is 11.8. The molecule has 0 spiro atoms. The summed E-state index contributed by atoms with van der Waals surface area (Å²) >= 11 is 0. The Kier molecular flexibility index (Phi) is 5.69. The van der Waals surface area contributed by atoms with Crippen LogP contribution in [0.4, 0.5) is 0 Å². The Morgan fingerprint density at radius 1 is 1.09 bits per heavy atom. The molecule has 0 bridgehead atoms. The van der Waals surface area contributed by atoms with Gasteiger partial charge in [0, 0.05) is 13.1 Å². The molecule has 1 atom stereocenters. The standard InChI is InChI=1S/C18H21NO3/c1-14-7-9-16(10-8-14)17(18(21)22)19(11-12-20)13-15-5-3-2-4-6-15/h2-10,17,20H,11-13H2,1H3,(H,21,22). The summed E-state index contributed by atoms with van der Waals surface area (Å²) in [5.74, 6) is -0.909. The normalized spacial score (nSPS) is 12.3. The molecule has 0 aliphatic carbocycles. The lowest BCUT2D eigenvalue weighted by molar-refractivity contribution is -0.144. The van der Waals surface area contributed by atoms with Gasteiger partial charge >= 0.3 is 5.97 Å². The first-order valence-corrected chi connectivity index (χ1v) is 7.30. The molecule has 2 aromatic rings. The van der Waals surface area contributed by atoms with Crippen LogP contribution in [0.5, 0.6) is 0 Å². The van der Waals surface area contributed by atoms with Crippen LogP contribution in [0.15, 0.2) is 54.6 Å². The van der Waals surface area contributed by atoms with Gasteiger partial charge in [-0.2, -0.15) is 0 Å². The van der Waals surface area contributed by atoms with E-state index in [1.54, 1.807) is 4.90 Å². The number of rotatable bonds is 7. The molecule has 2 aromatic carbocycles. The van der Waals surface area contributed by atoms with Gasteiger partial charge in [0.05, 0.1) is 6.61 Å². The van der Waals surface area contributed by atoms with E-state index in [-0.39, 0.29) is 6.61 Å². The second-order valence-electron chi connectivity index (χ2n) is 5.33. The summed E-state index contributed by atoms with van der Waals surface area (Å²) in [5.41, 5.74) is 2.83. The van der Waals surface area contributed by atoms with Crippen molar-refractivity contribution in [1.82, 2.24) is 4.90 Å². The van der Waals surface area contributed by atoms with Gasteiger partial charge in [-0.15, -0.1) is 0 Å². The number of aryl methyl sites for hydroxylation is 1. The van der Waals surface area contributed by atoms with Crippen molar-refractivity contribution in [3.05, 3.63) is 71.3 Å². The summed E-state index contributed by atoms with van der Waals surface area (Å²) in [6, 6.07) is 16.4. The Balaban J connectivity index is 2.29. The van der Waals surface area contributed by atoms with Crippen molar-refractivity contribution in [2.75, 3.05) is 13.2 Å². The zero-order valence-corrected chi connectivity index (χ0v) is 12.6. The number of carbonyl (C=O) groups is 1. The van der Waals surface area contributed by atoms with Gasteiger partial charge in [-0.25, -0.2) is 0 Å². The highest BCUT2D eigenvalue weighted by molar-refractivity contribution is 5.75. The van der Waals surface area contributed by atoms with Crippen LogP contribution >= 0.6 is 0 Å². The molecular weight excluding hydrogens is 278 g/mol. The van der Waals surface area contributed by atoms with E-state index in [2.05, 4.69) is 0 Å². The lowest BCUT2D eigenvalue weighted by Crippen LogP contribution is -2.35. The highest BCUT2D eigenvalue weighted by Gasteiger charge is 2.27. The van der Waals surface area contributed by atoms with Gasteiger partial charge in [0.15, 0.2) is 0 Å². The highest BCUT2D eigenvalue weighted by Crippen LogP contribution is 2.23. The van der Waals surface area contributed by atoms with E-state index >= 15 is 0 Å². The van der Waals surface area contributed by atoms with Crippen molar-refractivity contribution in [3.8, 4) is 0 Å². The third kappa shape index (κ3) is 4.16. The van der Waals surface area contributed by atoms with Crippen LogP contribution in [0.1, 0.15) is 22.7 Å². The molecule has 0 saturated heterocycles. The number of hydrogen-bond acceptors (Lipinski definition) is 3. The van der Waals surface area contributed by atoms with Crippen molar-refractivity contribution < 1.29 is 15.0 Å². The second kappa shape index (κ2) is 7.73. The van der Waals surface area contributed by atoms with Crippen molar-refractivity contribution in [2.45, 2.75) is 19.5 Å². The minimum absolute atomic E-state index is 0.0809. The molecular formula is C18H21NO3. The van der Waals surface area contributed by atoms with Gasteiger partial charge in [-0.3, -0.25) is 9.69 Å². The smallest absolute Gasteiger partial charge is 0.325 e. The van der Waals surface area contributed by atoms with Gasteiger partial charge in [0.25, 0.3) is 0 Å². The molecule has 22 heavy (non-hydrogen) atoms. The monoisotopic (exact) mass is 299 g/mol. The lowest BCUT2D eigenvalue weighted by Gasteiger charge is -2.28. The molecule has 2 N–H and O–H groups in total. The van der Waals surface area contributed by atoms with Crippen LogP contribution in [0.3, 0.4) is 0 Å². The third-order valence-electron chi connectivity index (χ3n) is 3.61. The maximum Gasteiger partial charge on any atom is 0.325 e. The Hall–Kier alpha value is -2.17. The minimum Gasteiger partial charge on any atom is -0.480 e. The summed E-state index contributed by atoms with van der Waals surface area (Å²) < 4.78 is 0. The number of aliphatic hydroxyl groups excluding tert-OH is 1. The van der Waals surface area contributed by atoms with Crippen LogP contribution in [0.2, 0.25) is 0 Å². The first-order chi connectivity index (χ1) is 10.6. The molecule has 4 nitrogen and oxygen atoms in total. The number of carboxylic acids is 1. The van der Waals surface area contributed by atoms with Crippen molar-refractivity contribution in [3.63, 3.8) is 0 Å². The molecule has 0 amide bonds. The summed E-state index contributed by atoms with van der Waals surface area (Å²) in [4.78, 5) is 13.5. The zero-order valence-electron chi connectivity index (χ0n) is 12.6. The Morgan fingerprint density at radius 2 is 1.73 bits per heavy atom. The number of carboxylic acid groups (broad SMARTS) is 1. The predicted molar refractivity (Wildman–Crippen MR) is 85.5 cm³/mol. The average molecular weight is 299 g/mol. The fourth-order valence-electron chi connectivity index (χ4n) is 2.50. The first kappa shape index (κ1) is 16.2. The summed E-state index contributed by atoms with van der Waals surface area (Å²) in [6.07, 6.45) is 0. The Morgan fingerprint density at radius 3 is 2.27 bits per heavy atom. The fraction of sp³-hybridized carbons (Fsp3) is 0.278. The summed E-state index contributed by atoms with van der Waals surface area (Å²) in [7, 11) is 0. The number of nitrogens with zero attached hydrogens (tertiary/aromatic N) is 1. The van der Waals surface area contributed by atoms with E-state index in [4.69, 9.17) is 0 Å². The average Bonchev–Trinajstić information content (AvgIpc) is 2.50. The van der Waals surface area contributed by atoms with E-state index in [0.29, 0.717) is 13.1 Å². The topological polar surface area (TPSA) is 60.8 Å². The SMILES string of the molecule is Cc1ccc(C(C(=O)O)N(CCO)Cc2ccccc2)cc1. The quantitative estimate of drug-likeness (QED) is 0.825. The first-order valence-electron chi connectivity index (χ1n) is 7.30. The number of aliphatic carboxylic acids is 1. The van der Waals surface area contributed by atoms with Crippen molar-refractivity contribution in [2.24, 2.45) is 0 Å². The molecule has 0 fully saturated rings. The minimum atomic E-state index is -0.909. The Labute approximate surface area is 130 Å². The van der Waals surface area contributed by atoms with Crippen LogP contribution in [-0.4, -0.2) is 34.2 Å². The van der Waals surface area contributed by atoms with E-state index in [9.17, 15) is 15.0 Å². The van der Waals surface area contributed by atoms with E-state index in [1.807, 2.05) is 61.5 Å². The molecule has 1 unspecified atom stereocenters. The molecule has 4 heteroatoms. The van der Waals surface area contributed by atoms with Gasteiger partial charge in [-0.1, -0.05) is 60.2 Å². The van der Waals surface area contributed by atoms with Crippen LogP contribution in [0, 0.1) is 6.92 Å². The molecule has 0 saturated carbocycles. The Bertz CT molecular complexity index is 595. The van der Waals surface area contributed by atoms with Gasteiger partial charge in [0.1, 0.15) is 6.04 Å². The lowest BCUT2D eigenvalue weighted by atomic mass is 10.0. The van der Waals surface area contributed by atoms with Crippen LogP contribution < -0.4 is 0 Å². The highest BCUT2D eigenvalue weighted by atomic mass is 16.4. The molecule has 0 radical (unpaired) electrons. The largest absolute Gasteiger partial charge is 0.480 e. The number of benzene rings is 2. The van der Waals surface area contributed by atoms with Crippen molar-refractivity contribution >= 4 is 5.97 Å². The van der Waals surface area contributed by atoms with Crippen LogP contribution in [0.25, 0.3) is 0 Å². The van der Waals surface area contributed by atoms with Gasteiger partial charge in [-0.05, 0) is 18.1 Å². The third-order valence-corrected chi connectivity index (χ3v) is 3.61. The molecule has 2 rings (SSSR count). The molecule has 0 aliphatic heterocycles. The number of hydrogen-bond donors (Lipinski definition) is 2. The summed E-state index contributed by atoms with van der Waals surface area (Å²) in [6.45, 7) is 2.67. The van der Waals surface area contributed by atoms with Crippen LogP contribution in [-0.2, 0) is 11.3 Å². The van der Waals surface area contributed by atoms with E-state index in [0.717, 1.165) is 16.7 Å². The second-order valence-corrected chi connectivity index (χ2v) is 5.33. The predicted octanol–water partition coefficient (Wildman–Crippen LogP) is 2.62. The molecule has 0 aliphatic rings. The maximum absolute atomic E-state index is 11.8. The molecule has 0 heterocycles. The fourth-order valence-corrected chi connectivity index (χ4v) is 2.50. The van der Waals surface area contributed by atoms with Crippen molar-refractivity contribution in [1.29, 1.82) is 0 Å². The van der Waals surface area contributed by atoms with Gasteiger partial charge < -0.3 is 10.2 Å². The number of aliphatic hydroxyl groups is 1. The molecule has 116 valence electrons. The molecule has 0 aromatic heterocycles. The van der Waals surface area contributed by atoms with E-state index in [1.165, 1.54) is 0 Å². The summed E-state index contributed by atoms with van der Waals surface area (Å²) in [5, 5.41) is 18.9. The zero-order chi connectivity index (χ0) is 15.9. The van der Waals surface area contributed by atoms with Gasteiger partial charge in [0.2, 0.25) is 0 Å².